The molecule has 210 valence electrons. The Balaban J connectivity index is 0.000000283. The van der Waals surface area contributed by atoms with Crippen LogP contribution in [-0.4, -0.2) is 88.1 Å². The lowest BCUT2D eigenvalue weighted by Gasteiger charge is -2.38. The van der Waals surface area contributed by atoms with E-state index in [-0.39, 0.29) is 37.2 Å². The van der Waals surface area contributed by atoms with E-state index in [0.717, 1.165) is 38.5 Å². The summed E-state index contributed by atoms with van der Waals surface area (Å²) in [6, 6.07) is 0. The van der Waals surface area contributed by atoms with E-state index in [0.29, 0.717) is 31.6 Å². The van der Waals surface area contributed by atoms with Gasteiger partial charge in [0.05, 0.1) is 18.8 Å². The summed E-state index contributed by atoms with van der Waals surface area (Å²) in [5.74, 6) is -0.176. The molecule has 5 unspecified atom stereocenters. The maximum Gasteiger partial charge on any atom is 0.333 e. The minimum absolute atomic E-state index is 0.109. The van der Waals surface area contributed by atoms with Gasteiger partial charge in [-0.25, -0.2) is 4.79 Å². The third-order valence-corrected chi connectivity index (χ3v) is 6.59. The number of hydrogen-bond acceptors (Lipinski definition) is 10. The molecule has 3 heterocycles. The van der Waals surface area contributed by atoms with Gasteiger partial charge in [0.1, 0.15) is 12.2 Å². The zero-order chi connectivity index (χ0) is 27.2. The van der Waals surface area contributed by atoms with Gasteiger partial charge in [0.15, 0.2) is 24.7 Å². The van der Waals surface area contributed by atoms with E-state index in [1.54, 1.807) is 28.3 Å². The molecular weight excluding hydrogens is 472 g/mol. The third-order valence-electron chi connectivity index (χ3n) is 6.59. The molecule has 0 bridgehead atoms. The lowest BCUT2D eigenvalue weighted by atomic mass is 9.93. The Morgan fingerprint density at radius 1 is 0.944 bits per heavy atom. The standard InChI is InChI=1S/C12H20O4.C8H16O3.C6H10O3/c1-5-12(16-11(13)9(2)3)7-6-10(14-4)15-8-12;1-3-8(9)5-4-7(10-2)11-6-8;1-8-6-3-2-5(7)4-9-6/h10H,2,5-8H2,1,3-4H3;7,9H,3-6H2,1-2H3;6H,2-4H2,1H3. The van der Waals surface area contributed by atoms with Crippen molar-refractivity contribution in [1.82, 2.24) is 0 Å². The molecule has 0 aliphatic carbocycles. The highest BCUT2D eigenvalue weighted by Gasteiger charge is 2.38. The Labute approximate surface area is 215 Å². The van der Waals surface area contributed by atoms with Gasteiger partial charge >= 0.3 is 5.97 Å². The molecule has 0 saturated carbocycles. The molecule has 3 aliphatic heterocycles. The van der Waals surface area contributed by atoms with Crippen LogP contribution in [0.15, 0.2) is 12.2 Å². The van der Waals surface area contributed by atoms with E-state index < -0.39 is 11.2 Å². The van der Waals surface area contributed by atoms with Crippen LogP contribution in [0.25, 0.3) is 0 Å². The van der Waals surface area contributed by atoms with Crippen molar-refractivity contribution < 1.29 is 47.9 Å². The van der Waals surface area contributed by atoms with Crippen LogP contribution in [0, 0.1) is 0 Å². The molecule has 36 heavy (non-hydrogen) atoms. The van der Waals surface area contributed by atoms with Crippen molar-refractivity contribution in [2.45, 2.75) is 102 Å². The number of aliphatic hydroxyl groups is 1. The largest absolute Gasteiger partial charge is 0.453 e. The van der Waals surface area contributed by atoms with Crippen molar-refractivity contribution >= 4 is 11.8 Å². The van der Waals surface area contributed by atoms with Crippen LogP contribution < -0.4 is 0 Å². The first-order chi connectivity index (χ1) is 17.1. The van der Waals surface area contributed by atoms with Crippen LogP contribution in [0.3, 0.4) is 0 Å². The number of carbonyl (C=O) groups is 2. The molecule has 0 amide bonds. The maximum atomic E-state index is 11.5. The zero-order valence-corrected chi connectivity index (χ0v) is 22.8. The monoisotopic (exact) mass is 518 g/mol. The summed E-state index contributed by atoms with van der Waals surface area (Å²) in [6.45, 7) is 10.2. The molecule has 0 aromatic carbocycles. The summed E-state index contributed by atoms with van der Waals surface area (Å²) in [6.07, 6.45) is 5.44. The normalized spacial score (nSPS) is 32.3. The number of hydrogen-bond donors (Lipinski definition) is 1. The van der Waals surface area contributed by atoms with E-state index in [4.69, 9.17) is 33.2 Å². The fourth-order valence-electron chi connectivity index (χ4n) is 3.74. The van der Waals surface area contributed by atoms with Gasteiger partial charge in [-0.05, 0) is 32.6 Å². The quantitative estimate of drug-likeness (QED) is 0.397. The van der Waals surface area contributed by atoms with E-state index in [9.17, 15) is 14.7 Å². The van der Waals surface area contributed by atoms with Crippen LogP contribution in [0.2, 0.25) is 0 Å². The first-order valence-electron chi connectivity index (χ1n) is 12.6. The number of carbonyl (C=O) groups excluding carboxylic acids is 2. The number of methoxy groups -OCH3 is 3. The smallest absolute Gasteiger partial charge is 0.333 e. The van der Waals surface area contributed by atoms with Crippen LogP contribution in [0.4, 0.5) is 0 Å². The summed E-state index contributed by atoms with van der Waals surface area (Å²) in [5.41, 5.74) is -0.693. The molecule has 5 atom stereocenters. The van der Waals surface area contributed by atoms with E-state index >= 15 is 0 Å². The molecule has 3 saturated heterocycles. The zero-order valence-electron chi connectivity index (χ0n) is 22.8. The molecule has 0 aromatic heterocycles. The second-order valence-corrected chi connectivity index (χ2v) is 9.37. The second-order valence-electron chi connectivity index (χ2n) is 9.37. The molecule has 1 N–H and O–H groups in total. The molecular formula is C26H46O10. The van der Waals surface area contributed by atoms with E-state index in [1.807, 2.05) is 13.8 Å². The number of ether oxygens (including phenoxy) is 7. The van der Waals surface area contributed by atoms with Gasteiger partial charge in [0.2, 0.25) is 0 Å². The van der Waals surface area contributed by atoms with Crippen molar-refractivity contribution in [3.63, 3.8) is 0 Å². The molecule has 3 fully saturated rings. The summed E-state index contributed by atoms with van der Waals surface area (Å²) in [4.78, 5) is 22.1. The lowest BCUT2D eigenvalue weighted by Crippen LogP contribution is -2.45. The van der Waals surface area contributed by atoms with Crippen molar-refractivity contribution in [3.05, 3.63) is 12.2 Å². The highest BCUT2D eigenvalue weighted by molar-refractivity contribution is 5.87. The molecule has 10 heteroatoms. The molecule has 0 spiro atoms. The third kappa shape index (κ3) is 11.3. The van der Waals surface area contributed by atoms with Crippen LogP contribution in [-0.2, 0) is 42.7 Å². The Morgan fingerprint density at radius 2 is 1.50 bits per heavy atom. The van der Waals surface area contributed by atoms with Crippen molar-refractivity contribution in [1.29, 1.82) is 0 Å². The minimum Gasteiger partial charge on any atom is -0.453 e. The average molecular weight is 519 g/mol. The van der Waals surface area contributed by atoms with Crippen LogP contribution in [0.1, 0.15) is 72.1 Å². The number of rotatable bonds is 7. The summed E-state index contributed by atoms with van der Waals surface area (Å²) in [5, 5.41) is 9.71. The van der Waals surface area contributed by atoms with Crippen molar-refractivity contribution in [3.8, 4) is 0 Å². The molecule has 0 aromatic rings. The van der Waals surface area contributed by atoms with Gasteiger partial charge in [0, 0.05) is 52.6 Å². The topological polar surface area (TPSA) is 119 Å². The van der Waals surface area contributed by atoms with Gasteiger partial charge in [-0.15, -0.1) is 0 Å². The van der Waals surface area contributed by atoms with Gasteiger partial charge < -0.3 is 38.3 Å². The average Bonchev–Trinajstić information content (AvgIpc) is 2.90. The van der Waals surface area contributed by atoms with E-state index in [1.165, 1.54) is 0 Å². The van der Waals surface area contributed by atoms with Gasteiger partial charge in [-0.1, -0.05) is 20.4 Å². The van der Waals surface area contributed by atoms with E-state index in [2.05, 4.69) is 6.58 Å². The summed E-state index contributed by atoms with van der Waals surface area (Å²) in [7, 11) is 4.82. The molecule has 10 nitrogen and oxygen atoms in total. The first-order valence-corrected chi connectivity index (χ1v) is 12.6. The minimum atomic E-state index is -0.602. The fraction of sp³-hybridized carbons (Fsp3) is 0.846. The van der Waals surface area contributed by atoms with Crippen LogP contribution in [0.5, 0.6) is 0 Å². The van der Waals surface area contributed by atoms with Crippen molar-refractivity contribution in [2.75, 3.05) is 41.2 Å². The lowest BCUT2D eigenvalue weighted by molar-refractivity contribution is -0.217. The Bertz CT molecular complexity index is 654. The Hall–Kier alpha value is -1.40. The Kier molecular flexibility index (Phi) is 14.9. The SMILES string of the molecule is C=C(C)C(=O)OC1(CC)CCC(OC)OC1.CCC1(O)CCC(OC)OC1.COC1CCC(=O)CO1. The van der Waals surface area contributed by atoms with Crippen molar-refractivity contribution in [2.24, 2.45) is 0 Å². The maximum absolute atomic E-state index is 11.5. The summed E-state index contributed by atoms with van der Waals surface area (Å²) < 4.78 is 36.1. The number of esters is 1. The number of Topliss-reactive ketones (excluding diaryl/α,β-unsaturated/α-hetero) is 1. The Morgan fingerprint density at radius 3 is 1.86 bits per heavy atom. The van der Waals surface area contributed by atoms with Crippen LogP contribution >= 0.6 is 0 Å². The molecule has 3 aliphatic rings. The number of ketones is 1. The second kappa shape index (κ2) is 16.4. The highest BCUT2D eigenvalue weighted by atomic mass is 16.7. The highest BCUT2D eigenvalue weighted by Crippen LogP contribution is 2.30. The van der Waals surface area contributed by atoms with Gasteiger partial charge in [-0.2, -0.15) is 0 Å². The predicted octanol–water partition coefficient (Wildman–Crippen LogP) is 3.29. The summed E-state index contributed by atoms with van der Waals surface area (Å²) >= 11 is 0. The molecule has 0 radical (unpaired) electrons. The van der Waals surface area contributed by atoms with Gasteiger partial charge in [-0.3, -0.25) is 4.79 Å². The molecule has 3 rings (SSSR count). The first kappa shape index (κ1) is 32.6. The predicted molar refractivity (Wildman–Crippen MR) is 132 cm³/mol. The van der Waals surface area contributed by atoms with Gasteiger partial charge in [0.25, 0.3) is 0 Å². The fourth-order valence-corrected chi connectivity index (χ4v) is 3.74.